The van der Waals surface area contributed by atoms with Crippen molar-refractivity contribution in [1.82, 2.24) is 0 Å². The highest BCUT2D eigenvalue weighted by atomic mass is 32.2. The summed E-state index contributed by atoms with van der Waals surface area (Å²) in [6, 6.07) is 0. The van der Waals surface area contributed by atoms with Gasteiger partial charge in [0.2, 0.25) is 0 Å². The van der Waals surface area contributed by atoms with Gasteiger partial charge in [-0.3, -0.25) is 0 Å². The first kappa shape index (κ1) is 8.57. The Morgan fingerprint density at radius 1 is 1.67 bits per heavy atom. The van der Waals surface area contributed by atoms with Gasteiger partial charge >= 0.3 is 0 Å². The Morgan fingerprint density at radius 2 is 2.50 bits per heavy atom. The van der Waals surface area contributed by atoms with E-state index in [9.17, 15) is 4.79 Å². The van der Waals surface area contributed by atoms with Gasteiger partial charge in [0.1, 0.15) is 6.29 Å². The fourth-order valence-electron chi connectivity index (χ4n) is 1.71. The summed E-state index contributed by atoms with van der Waals surface area (Å²) in [5, 5.41) is 0. The predicted molar refractivity (Wildman–Crippen MR) is 49.5 cm³/mol. The van der Waals surface area contributed by atoms with E-state index < -0.39 is 0 Å². The van der Waals surface area contributed by atoms with Crippen LogP contribution >= 0.6 is 11.8 Å². The van der Waals surface area contributed by atoms with Crippen LogP contribution in [0.4, 0.5) is 0 Å². The molecule has 0 radical (unpaired) electrons. The summed E-state index contributed by atoms with van der Waals surface area (Å²) in [4.78, 5) is 10.9. The number of aldehydes is 1. The maximum Gasteiger partial charge on any atom is 0.136 e. The van der Waals surface area contributed by atoms with Gasteiger partial charge in [0.15, 0.2) is 0 Å². The molecule has 0 aromatic heterocycles. The van der Waals surface area contributed by atoms with E-state index in [-0.39, 0.29) is 4.75 Å². The Labute approximate surface area is 77.0 Å². The van der Waals surface area contributed by atoms with Gasteiger partial charge in [-0.25, -0.2) is 0 Å². The van der Waals surface area contributed by atoms with Crippen molar-refractivity contribution >= 4 is 18.0 Å². The minimum Gasteiger partial charge on any atom is -0.373 e. The number of carbonyl (C=O) groups excluding carboxylic acids is 1. The normalized spacial score (nSPS) is 39.8. The molecule has 12 heavy (non-hydrogen) atoms. The summed E-state index contributed by atoms with van der Waals surface area (Å²) in [5.41, 5.74) is 0. The molecule has 0 spiro atoms. The van der Waals surface area contributed by atoms with Crippen molar-refractivity contribution < 1.29 is 9.53 Å². The largest absolute Gasteiger partial charge is 0.373 e. The fourth-order valence-corrected chi connectivity index (χ4v) is 3.02. The quantitative estimate of drug-likeness (QED) is 0.493. The van der Waals surface area contributed by atoms with Crippen LogP contribution in [0.25, 0.3) is 0 Å². The Morgan fingerprint density at radius 3 is 3.00 bits per heavy atom. The molecule has 0 N–H and O–H groups in total. The number of hydrogen-bond acceptors (Lipinski definition) is 3. The fraction of sp³-hybridized carbons (Fsp3) is 0.889. The third-order valence-electron chi connectivity index (χ3n) is 2.64. The van der Waals surface area contributed by atoms with E-state index in [1.54, 1.807) is 0 Å². The second-order valence-electron chi connectivity index (χ2n) is 3.63. The molecule has 2 aliphatic rings. The number of carbonyl (C=O) groups is 1. The van der Waals surface area contributed by atoms with Gasteiger partial charge in [-0.05, 0) is 31.4 Å². The zero-order valence-electron chi connectivity index (χ0n) is 7.12. The Balaban J connectivity index is 1.83. The molecule has 2 heterocycles. The van der Waals surface area contributed by atoms with E-state index in [0.717, 1.165) is 37.9 Å². The summed E-state index contributed by atoms with van der Waals surface area (Å²) >= 11 is 1.84. The average molecular weight is 186 g/mol. The molecule has 68 valence electrons. The van der Waals surface area contributed by atoms with Crippen molar-refractivity contribution in [3.05, 3.63) is 0 Å². The first-order valence-electron chi connectivity index (χ1n) is 4.57. The number of hydrogen-bond donors (Lipinski definition) is 0. The molecule has 0 aliphatic carbocycles. The lowest BCUT2D eigenvalue weighted by atomic mass is 9.98. The molecular formula is C9H14O2S. The molecule has 3 heteroatoms. The molecule has 0 aromatic rings. The molecule has 2 nitrogen and oxygen atoms in total. The molecule has 0 amide bonds. The molecule has 2 unspecified atom stereocenters. The minimum absolute atomic E-state index is 0.0358. The van der Waals surface area contributed by atoms with Gasteiger partial charge in [-0.2, -0.15) is 0 Å². The maximum atomic E-state index is 10.9. The molecule has 0 aromatic carbocycles. The maximum absolute atomic E-state index is 10.9. The molecular weight excluding hydrogens is 172 g/mol. The van der Waals surface area contributed by atoms with Crippen LogP contribution in [0.1, 0.15) is 25.7 Å². The highest BCUT2D eigenvalue weighted by Gasteiger charge is 2.36. The lowest BCUT2D eigenvalue weighted by molar-refractivity contribution is -0.110. The third-order valence-corrected chi connectivity index (χ3v) is 4.21. The Bertz CT molecular complexity index is 171. The molecule has 2 fully saturated rings. The Kier molecular flexibility index (Phi) is 2.42. The number of thioether (sulfide) groups is 1. The van der Waals surface area contributed by atoms with E-state index in [1.807, 2.05) is 11.8 Å². The monoisotopic (exact) mass is 186 g/mol. The zero-order chi connectivity index (χ0) is 8.44. The summed E-state index contributed by atoms with van der Waals surface area (Å²) in [6.07, 6.45) is 6.01. The standard InChI is InChI=1S/C9H14O2S/c10-7-9(3-1-5-12-9)4-2-8-6-11-8/h7-8H,1-6H2. The van der Waals surface area contributed by atoms with Gasteiger partial charge < -0.3 is 9.53 Å². The third kappa shape index (κ3) is 1.83. The SMILES string of the molecule is O=CC1(CCC2CO2)CCCS1. The van der Waals surface area contributed by atoms with Gasteiger partial charge in [0.05, 0.1) is 17.5 Å². The molecule has 0 saturated carbocycles. The first-order valence-corrected chi connectivity index (χ1v) is 5.55. The van der Waals surface area contributed by atoms with Crippen molar-refractivity contribution in [2.24, 2.45) is 0 Å². The van der Waals surface area contributed by atoms with Crippen LogP contribution in [0, 0.1) is 0 Å². The van der Waals surface area contributed by atoms with Crippen molar-refractivity contribution in [2.75, 3.05) is 12.4 Å². The van der Waals surface area contributed by atoms with Crippen molar-refractivity contribution in [2.45, 2.75) is 36.5 Å². The average Bonchev–Trinajstić information content (AvgIpc) is 2.82. The van der Waals surface area contributed by atoms with Crippen LogP contribution in [-0.2, 0) is 9.53 Å². The molecule has 2 aliphatic heterocycles. The van der Waals surface area contributed by atoms with E-state index in [1.165, 1.54) is 6.42 Å². The molecule has 0 bridgehead atoms. The number of ether oxygens (including phenoxy) is 1. The van der Waals surface area contributed by atoms with Gasteiger partial charge in [-0.1, -0.05) is 0 Å². The summed E-state index contributed by atoms with van der Waals surface area (Å²) in [5.74, 6) is 1.16. The van der Waals surface area contributed by atoms with Crippen LogP contribution in [0.3, 0.4) is 0 Å². The Hall–Kier alpha value is -0.0200. The van der Waals surface area contributed by atoms with Crippen molar-refractivity contribution in [1.29, 1.82) is 0 Å². The predicted octanol–water partition coefficient (Wildman–Crippen LogP) is 1.63. The summed E-state index contributed by atoms with van der Waals surface area (Å²) in [6.45, 7) is 0.916. The number of epoxide rings is 1. The van der Waals surface area contributed by atoms with Gasteiger partial charge in [0.25, 0.3) is 0 Å². The molecule has 2 rings (SSSR count). The second-order valence-corrected chi connectivity index (χ2v) is 5.14. The second kappa shape index (κ2) is 3.38. The van der Waals surface area contributed by atoms with E-state index in [0.29, 0.717) is 6.10 Å². The van der Waals surface area contributed by atoms with Crippen molar-refractivity contribution in [3.63, 3.8) is 0 Å². The van der Waals surface area contributed by atoms with Crippen molar-refractivity contribution in [3.8, 4) is 0 Å². The zero-order valence-corrected chi connectivity index (χ0v) is 7.94. The summed E-state index contributed by atoms with van der Waals surface area (Å²) in [7, 11) is 0. The van der Waals surface area contributed by atoms with E-state index in [4.69, 9.17) is 4.74 Å². The lowest BCUT2D eigenvalue weighted by Crippen LogP contribution is -2.23. The van der Waals surface area contributed by atoms with Crippen LogP contribution < -0.4 is 0 Å². The van der Waals surface area contributed by atoms with Crippen LogP contribution in [0.2, 0.25) is 0 Å². The number of rotatable bonds is 4. The lowest BCUT2D eigenvalue weighted by Gasteiger charge is -2.19. The highest BCUT2D eigenvalue weighted by molar-refractivity contribution is 8.01. The summed E-state index contributed by atoms with van der Waals surface area (Å²) < 4.78 is 5.10. The minimum atomic E-state index is -0.0358. The van der Waals surface area contributed by atoms with E-state index >= 15 is 0 Å². The van der Waals surface area contributed by atoms with Gasteiger partial charge in [0, 0.05) is 0 Å². The van der Waals surface area contributed by atoms with Crippen LogP contribution in [0.5, 0.6) is 0 Å². The molecule has 2 atom stereocenters. The van der Waals surface area contributed by atoms with Gasteiger partial charge in [-0.15, -0.1) is 11.8 Å². The van der Waals surface area contributed by atoms with Crippen LogP contribution in [0.15, 0.2) is 0 Å². The molecule has 2 saturated heterocycles. The smallest absolute Gasteiger partial charge is 0.136 e. The highest BCUT2D eigenvalue weighted by Crippen LogP contribution is 2.41. The van der Waals surface area contributed by atoms with E-state index in [2.05, 4.69) is 0 Å². The topological polar surface area (TPSA) is 29.6 Å². The van der Waals surface area contributed by atoms with Crippen LogP contribution in [-0.4, -0.2) is 29.5 Å². The first-order chi connectivity index (χ1) is 5.85.